The van der Waals surface area contributed by atoms with Gasteiger partial charge in [-0.1, -0.05) is 12.1 Å². The van der Waals surface area contributed by atoms with Gasteiger partial charge in [-0.05, 0) is 45.2 Å². The Morgan fingerprint density at radius 2 is 1.90 bits per heavy atom. The molecule has 21 heavy (non-hydrogen) atoms. The van der Waals surface area contributed by atoms with Gasteiger partial charge in [-0.15, -0.1) is 0 Å². The van der Waals surface area contributed by atoms with Gasteiger partial charge in [0.05, 0.1) is 20.3 Å². The highest BCUT2D eigenvalue weighted by molar-refractivity contribution is 5.79. The molecule has 5 nitrogen and oxygen atoms in total. The summed E-state index contributed by atoms with van der Waals surface area (Å²) in [7, 11) is 1.61. The number of carbonyl (C=O) groups is 1. The van der Waals surface area contributed by atoms with Crippen LogP contribution in [-0.4, -0.2) is 31.8 Å². The number of ether oxygens (including phenoxy) is 3. The summed E-state index contributed by atoms with van der Waals surface area (Å²) in [5.74, 6) is 1.09. The van der Waals surface area contributed by atoms with E-state index in [-0.39, 0.29) is 5.97 Å². The van der Waals surface area contributed by atoms with Gasteiger partial charge in [0, 0.05) is 0 Å². The van der Waals surface area contributed by atoms with Crippen LogP contribution < -0.4 is 15.2 Å². The molecular formula is C16H25NO4. The van der Waals surface area contributed by atoms with Crippen molar-refractivity contribution in [2.24, 2.45) is 5.73 Å². The van der Waals surface area contributed by atoms with E-state index in [2.05, 4.69) is 0 Å². The van der Waals surface area contributed by atoms with Crippen LogP contribution in [0.15, 0.2) is 24.3 Å². The lowest BCUT2D eigenvalue weighted by atomic mass is 9.96. The van der Waals surface area contributed by atoms with E-state index in [0.29, 0.717) is 25.4 Å². The number of benzene rings is 1. The van der Waals surface area contributed by atoms with Gasteiger partial charge >= 0.3 is 5.97 Å². The lowest BCUT2D eigenvalue weighted by molar-refractivity contribution is -0.149. The van der Waals surface area contributed by atoms with Gasteiger partial charge in [-0.25, -0.2) is 0 Å². The summed E-state index contributed by atoms with van der Waals surface area (Å²) in [5, 5.41) is 0. The molecule has 0 fully saturated rings. The normalized spacial score (nSPS) is 13.3. The third-order valence-corrected chi connectivity index (χ3v) is 3.16. The van der Waals surface area contributed by atoms with Crippen molar-refractivity contribution < 1.29 is 19.0 Å². The van der Waals surface area contributed by atoms with Crippen molar-refractivity contribution in [3.05, 3.63) is 24.3 Å². The maximum absolute atomic E-state index is 11.6. The van der Waals surface area contributed by atoms with Gasteiger partial charge in [0.1, 0.15) is 5.54 Å². The summed E-state index contributed by atoms with van der Waals surface area (Å²) in [4.78, 5) is 11.6. The van der Waals surface area contributed by atoms with E-state index in [9.17, 15) is 4.79 Å². The number of hydrogen-bond donors (Lipinski definition) is 1. The van der Waals surface area contributed by atoms with Crippen LogP contribution >= 0.6 is 0 Å². The Morgan fingerprint density at radius 3 is 2.52 bits per heavy atom. The summed E-state index contributed by atoms with van der Waals surface area (Å²) in [6, 6.07) is 7.51. The maximum atomic E-state index is 11.6. The summed E-state index contributed by atoms with van der Waals surface area (Å²) >= 11 is 0. The molecule has 1 aromatic carbocycles. The largest absolute Gasteiger partial charge is 0.493 e. The van der Waals surface area contributed by atoms with E-state index < -0.39 is 5.54 Å². The highest BCUT2D eigenvalue weighted by atomic mass is 16.5. The molecule has 0 saturated carbocycles. The first kappa shape index (κ1) is 17.3. The minimum absolute atomic E-state index is 0.350. The number of hydrogen-bond acceptors (Lipinski definition) is 5. The van der Waals surface area contributed by atoms with E-state index >= 15 is 0 Å². The fraction of sp³-hybridized carbons (Fsp3) is 0.562. The van der Waals surface area contributed by atoms with E-state index in [1.165, 1.54) is 0 Å². The van der Waals surface area contributed by atoms with Crippen LogP contribution in [-0.2, 0) is 9.53 Å². The van der Waals surface area contributed by atoms with Crippen LogP contribution in [0.1, 0.15) is 33.1 Å². The predicted molar refractivity (Wildman–Crippen MR) is 81.6 cm³/mol. The Labute approximate surface area is 126 Å². The molecule has 0 radical (unpaired) electrons. The van der Waals surface area contributed by atoms with Crippen molar-refractivity contribution >= 4 is 5.97 Å². The standard InChI is InChI=1S/C16H25NO4/c1-4-20-15(18)16(2,17)11-7-8-12-21-14-10-6-5-9-13(14)19-3/h5-6,9-10H,4,7-8,11-12,17H2,1-3H3. The third-order valence-electron chi connectivity index (χ3n) is 3.16. The molecule has 0 spiro atoms. The molecule has 0 bridgehead atoms. The molecule has 0 aromatic heterocycles. The highest BCUT2D eigenvalue weighted by Crippen LogP contribution is 2.26. The Bertz CT molecular complexity index is 446. The Morgan fingerprint density at radius 1 is 1.24 bits per heavy atom. The number of carbonyl (C=O) groups excluding carboxylic acids is 1. The van der Waals surface area contributed by atoms with Crippen LogP contribution in [0.4, 0.5) is 0 Å². The molecule has 1 atom stereocenters. The Kier molecular flexibility index (Phi) is 7.02. The first-order valence-electron chi connectivity index (χ1n) is 7.23. The highest BCUT2D eigenvalue weighted by Gasteiger charge is 2.28. The summed E-state index contributed by atoms with van der Waals surface area (Å²) in [6.45, 7) is 4.38. The molecular weight excluding hydrogens is 270 g/mol. The molecule has 1 aromatic rings. The second-order valence-electron chi connectivity index (χ2n) is 5.09. The number of methoxy groups -OCH3 is 1. The number of nitrogens with two attached hydrogens (primary N) is 1. The summed E-state index contributed by atoms with van der Waals surface area (Å²) < 4.78 is 15.8. The summed E-state index contributed by atoms with van der Waals surface area (Å²) in [6.07, 6.45) is 2.17. The molecule has 2 N–H and O–H groups in total. The molecule has 0 aliphatic carbocycles. The minimum Gasteiger partial charge on any atom is -0.493 e. The Balaban J connectivity index is 2.30. The number of unbranched alkanes of at least 4 members (excludes halogenated alkanes) is 1. The molecule has 0 amide bonds. The van der Waals surface area contributed by atoms with Crippen molar-refractivity contribution in [3.8, 4) is 11.5 Å². The van der Waals surface area contributed by atoms with Crippen molar-refractivity contribution in [1.29, 1.82) is 0 Å². The lowest BCUT2D eigenvalue weighted by Gasteiger charge is -2.22. The smallest absolute Gasteiger partial charge is 0.325 e. The fourth-order valence-electron chi connectivity index (χ4n) is 1.91. The zero-order chi connectivity index (χ0) is 15.7. The Hall–Kier alpha value is -1.75. The van der Waals surface area contributed by atoms with Gasteiger partial charge < -0.3 is 19.9 Å². The molecule has 5 heteroatoms. The number of rotatable bonds is 9. The van der Waals surface area contributed by atoms with Gasteiger partial charge in [0.2, 0.25) is 0 Å². The number of esters is 1. The zero-order valence-electron chi connectivity index (χ0n) is 13.1. The van der Waals surface area contributed by atoms with Crippen LogP contribution in [0.25, 0.3) is 0 Å². The van der Waals surface area contributed by atoms with E-state index in [0.717, 1.165) is 18.6 Å². The molecule has 118 valence electrons. The van der Waals surface area contributed by atoms with Gasteiger partial charge in [-0.2, -0.15) is 0 Å². The van der Waals surface area contributed by atoms with Crippen LogP contribution in [0.5, 0.6) is 11.5 Å². The predicted octanol–water partition coefficient (Wildman–Crippen LogP) is 2.52. The van der Waals surface area contributed by atoms with Gasteiger partial charge in [0.25, 0.3) is 0 Å². The third kappa shape index (κ3) is 5.63. The van der Waals surface area contributed by atoms with Crippen LogP contribution in [0.3, 0.4) is 0 Å². The molecule has 0 saturated heterocycles. The maximum Gasteiger partial charge on any atom is 0.325 e. The van der Waals surface area contributed by atoms with Crippen molar-refractivity contribution in [1.82, 2.24) is 0 Å². The first-order valence-corrected chi connectivity index (χ1v) is 7.23. The number of para-hydroxylation sites is 2. The zero-order valence-corrected chi connectivity index (χ0v) is 13.1. The second-order valence-corrected chi connectivity index (χ2v) is 5.09. The topological polar surface area (TPSA) is 70.8 Å². The average Bonchev–Trinajstić information content (AvgIpc) is 2.47. The van der Waals surface area contributed by atoms with Gasteiger partial charge in [-0.3, -0.25) is 4.79 Å². The van der Waals surface area contributed by atoms with Crippen LogP contribution in [0, 0.1) is 0 Å². The first-order chi connectivity index (χ1) is 10.0. The van der Waals surface area contributed by atoms with Gasteiger partial charge in [0.15, 0.2) is 11.5 Å². The summed E-state index contributed by atoms with van der Waals surface area (Å²) in [5.41, 5.74) is 5.02. The van der Waals surface area contributed by atoms with Crippen molar-refractivity contribution in [3.63, 3.8) is 0 Å². The van der Waals surface area contributed by atoms with E-state index in [4.69, 9.17) is 19.9 Å². The minimum atomic E-state index is -0.930. The molecule has 0 aliphatic rings. The lowest BCUT2D eigenvalue weighted by Crippen LogP contribution is -2.46. The SMILES string of the molecule is CCOC(=O)C(C)(N)CCCCOc1ccccc1OC. The van der Waals surface area contributed by atoms with E-state index in [1.807, 2.05) is 24.3 Å². The fourth-order valence-corrected chi connectivity index (χ4v) is 1.91. The average molecular weight is 295 g/mol. The van der Waals surface area contributed by atoms with Crippen molar-refractivity contribution in [2.45, 2.75) is 38.6 Å². The van der Waals surface area contributed by atoms with Crippen molar-refractivity contribution in [2.75, 3.05) is 20.3 Å². The molecule has 0 aliphatic heterocycles. The monoisotopic (exact) mass is 295 g/mol. The molecule has 0 heterocycles. The molecule has 1 rings (SSSR count). The molecule has 1 unspecified atom stereocenters. The van der Waals surface area contributed by atoms with Crippen LogP contribution in [0.2, 0.25) is 0 Å². The quantitative estimate of drug-likeness (QED) is 0.560. The second kappa shape index (κ2) is 8.52. The van der Waals surface area contributed by atoms with E-state index in [1.54, 1.807) is 21.0 Å².